The van der Waals surface area contributed by atoms with Gasteiger partial charge in [-0.05, 0) is 50.2 Å². The van der Waals surface area contributed by atoms with Crippen LogP contribution in [0.25, 0.3) is 20.8 Å². The van der Waals surface area contributed by atoms with E-state index in [1.807, 2.05) is 13.2 Å². The minimum absolute atomic E-state index is 1.06. The molecule has 1 aromatic carbocycles. The normalized spacial score (nSPS) is 17.9. The van der Waals surface area contributed by atoms with Crippen LogP contribution >= 0.6 is 11.3 Å². The van der Waals surface area contributed by atoms with Crippen LogP contribution in [0.4, 0.5) is 11.5 Å². The number of hydrogen-bond donors (Lipinski definition) is 1. The molecular formula is C23H30N6S. The number of aromatic nitrogens is 2. The van der Waals surface area contributed by atoms with E-state index < -0.39 is 0 Å². The summed E-state index contributed by atoms with van der Waals surface area (Å²) in [6.45, 7) is 8.87. The quantitative estimate of drug-likeness (QED) is 0.658. The third kappa shape index (κ3) is 4.15. The zero-order valence-corrected chi connectivity index (χ0v) is 18.5. The lowest BCUT2D eigenvalue weighted by molar-refractivity contribution is 0.260. The summed E-state index contributed by atoms with van der Waals surface area (Å²) >= 11 is 1.77. The zero-order chi connectivity index (χ0) is 20.3. The van der Waals surface area contributed by atoms with Crippen molar-refractivity contribution < 1.29 is 0 Å². The maximum Gasteiger partial charge on any atom is 0.128 e. The molecular weight excluding hydrogens is 392 g/mol. The fraction of sp³-hybridized carbons (Fsp3) is 0.478. The number of anilines is 2. The van der Waals surface area contributed by atoms with Gasteiger partial charge in [-0.2, -0.15) is 0 Å². The summed E-state index contributed by atoms with van der Waals surface area (Å²) in [5.41, 5.74) is 3.50. The van der Waals surface area contributed by atoms with Gasteiger partial charge in [0, 0.05) is 69.8 Å². The lowest BCUT2D eigenvalue weighted by atomic mass is 10.2. The molecule has 2 aliphatic rings. The number of fused-ring (bicyclic) bond motifs is 1. The molecule has 5 rings (SSSR count). The van der Waals surface area contributed by atoms with Crippen LogP contribution in [-0.4, -0.2) is 74.3 Å². The van der Waals surface area contributed by atoms with Crippen LogP contribution in [0.1, 0.15) is 12.8 Å². The molecule has 0 amide bonds. The summed E-state index contributed by atoms with van der Waals surface area (Å²) in [5, 5.41) is 4.30. The second-order valence-corrected chi connectivity index (χ2v) is 9.23. The fourth-order valence-electron chi connectivity index (χ4n) is 4.38. The first kappa shape index (κ1) is 19.7. The predicted molar refractivity (Wildman–Crippen MR) is 127 cm³/mol. The van der Waals surface area contributed by atoms with Gasteiger partial charge in [-0.3, -0.25) is 4.90 Å². The van der Waals surface area contributed by atoms with E-state index in [1.54, 1.807) is 11.3 Å². The second kappa shape index (κ2) is 8.88. The van der Waals surface area contributed by atoms with Gasteiger partial charge >= 0.3 is 0 Å². The Bertz CT molecular complexity index is 971. The Balaban J connectivity index is 1.29. The van der Waals surface area contributed by atoms with Gasteiger partial charge in [0.1, 0.15) is 10.8 Å². The molecule has 3 aromatic rings. The van der Waals surface area contributed by atoms with E-state index in [1.165, 1.54) is 23.2 Å². The molecule has 1 N–H and O–H groups in total. The van der Waals surface area contributed by atoms with Crippen LogP contribution in [0.3, 0.4) is 0 Å². The van der Waals surface area contributed by atoms with Crippen molar-refractivity contribution in [1.29, 1.82) is 0 Å². The van der Waals surface area contributed by atoms with Gasteiger partial charge in [0.2, 0.25) is 0 Å². The Morgan fingerprint density at radius 1 is 0.967 bits per heavy atom. The number of nitrogens with zero attached hydrogens (tertiary/aromatic N) is 5. The van der Waals surface area contributed by atoms with E-state index >= 15 is 0 Å². The molecule has 4 heterocycles. The number of benzene rings is 1. The van der Waals surface area contributed by atoms with Crippen molar-refractivity contribution in [3.63, 3.8) is 0 Å². The van der Waals surface area contributed by atoms with Crippen LogP contribution in [0.5, 0.6) is 0 Å². The standard InChI is InChI=1S/C23H30N6S/c1-24-8-11-27-12-14-28(15-13-27)19-5-6-20-21(16-19)30-23(26-20)18-4-7-22(25-17-18)29-9-2-3-10-29/h4-7,16-17,24H,2-3,8-15H2,1H3. The Morgan fingerprint density at radius 3 is 2.53 bits per heavy atom. The molecule has 0 atom stereocenters. The molecule has 30 heavy (non-hydrogen) atoms. The Labute approximate surface area is 182 Å². The Morgan fingerprint density at radius 2 is 1.80 bits per heavy atom. The maximum absolute atomic E-state index is 4.87. The summed E-state index contributed by atoms with van der Waals surface area (Å²) < 4.78 is 1.25. The molecule has 0 aliphatic carbocycles. The molecule has 158 valence electrons. The zero-order valence-electron chi connectivity index (χ0n) is 17.7. The number of pyridine rings is 1. The topological polar surface area (TPSA) is 47.5 Å². The van der Waals surface area contributed by atoms with E-state index in [0.717, 1.165) is 74.3 Å². The molecule has 2 fully saturated rings. The van der Waals surface area contributed by atoms with Crippen LogP contribution in [0, 0.1) is 0 Å². The minimum atomic E-state index is 1.06. The van der Waals surface area contributed by atoms with Crippen molar-refractivity contribution >= 4 is 33.1 Å². The van der Waals surface area contributed by atoms with Crippen molar-refractivity contribution in [3.8, 4) is 10.6 Å². The smallest absolute Gasteiger partial charge is 0.128 e. The van der Waals surface area contributed by atoms with E-state index in [4.69, 9.17) is 9.97 Å². The van der Waals surface area contributed by atoms with Crippen LogP contribution < -0.4 is 15.1 Å². The van der Waals surface area contributed by atoms with Crippen LogP contribution in [-0.2, 0) is 0 Å². The summed E-state index contributed by atoms with van der Waals surface area (Å²) in [4.78, 5) is 17.0. The first-order valence-electron chi connectivity index (χ1n) is 11.0. The summed E-state index contributed by atoms with van der Waals surface area (Å²) in [5.74, 6) is 1.09. The highest BCUT2D eigenvalue weighted by molar-refractivity contribution is 7.21. The average molecular weight is 423 g/mol. The van der Waals surface area contributed by atoms with Gasteiger partial charge in [-0.1, -0.05) is 0 Å². The lowest BCUT2D eigenvalue weighted by Crippen LogP contribution is -2.48. The van der Waals surface area contributed by atoms with Gasteiger partial charge in [0.15, 0.2) is 0 Å². The molecule has 2 saturated heterocycles. The summed E-state index contributed by atoms with van der Waals surface area (Å²) in [6.07, 6.45) is 4.53. The van der Waals surface area contributed by atoms with Crippen molar-refractivity contribution in [1.82, 2.24) is 20.2 Å². The number of hydrogen-bond acceptors (Lipinski definition) is 7. The lowest BCUT2D eigenvalue weighted by Gasteiger charge is -2.36. The third-order valence-electron chi connectivity index (χ3n) is 6.21. The van der Waals surface area contributed by atoms with Crippen molar-refractivity contribution in [3.05, 3.63) is 36.5 Å². The van der Waals surface area contributed by atoms with Gasteiger partial charge in [-0.25, -0.2) is 9.97 Å². The van der Waals surface area contributed by atoms with Gasteiger partial charge in [0.05, 0.1) is 10.2 Å². The van der Waals surface area contributed by atoms with E-state index in [0.29, 0.717) is 0 Å². The summed E-state index contributed by atoms with van der Waals surface area (Å²) in [7, 11) is 2.02. The number of nitrogens with one attached hydrogen (secondary N) is 1. The second-order valence-electron chi connectivity index (χ2n) is 8.20. The largest absolute Gasteiger partial charge is 0.369 e. The van der Waals surface area contributed by atoms with E-state index in [2.05, 4.69) is 50.3 Å². The number of piperazine rings is 1. The van der Waals surface area contributed by atoms with Crippen molar-refractivity contribution in [2.45, 2.75) is 12.8 Å². The first-order chi connectivity index (χ1) is 14.8. The highest BCUT2D eigenvalue weighted by Crippen LogP contribution is 2.33. The number of rotatable bonds is 6. The van der Waals surface area contributed by atoms with E-state index in [9.17, 15) is 0 Å². The molecule has 2 aliphatic heterocycles. The van der Waals surface area contributed by atoms with Crippen molar-refractivity contribution in [2.24, 2.45) is 0 Å². The highest BCUT2D eigenvalue weighted by atomic mass is 32.1. The predicted octanol–water partition coefficient (Wildman–Crippen LogP) is 3.30. The van der Waals surface area contributed by atoms with Gasteiger partial charge < -0.3 is 15.1 Å². The monoisotopic (exact) mass is 422 g/mol. The molecule has 0 spiro atoms. The molecule has 6 nitrogen and oxygen atoms in total. The molecule has 0 saturated carbocycles. The molecule has 0 unspecified atom stereocenters. The molecule has 0 bridgehead atoms. The third-order valence-corrected chi connectivity index (χ3v) is 7.28. The minimum Gasteiger partial charge on any atom is -0.369 e. The molecule has 7 heteroatoms. The Kier molecular flexibility index (Phi) is 5.84. The number of likely N-dealkylation sites (N-methyl/N-ethyl adjacent to an activating group) is 1. The Hall–Kier alpha value is -2.22. The van der Waals surface area contributed by atoms with Crippen molar-refractivity contribution in [2.75, 3.05) is 69.2 Å². The highest BCUT2D eigenvalue weighted by Gasteiger charge is 2.18. The first-order valence-corrected chi connectivity index (χ1v) is 11.9. The van der Waals surface area contributed by atoms with Crippen LogP contribution in [0.15, 0.2) is 36.5 Å². The van der Waals surface area contributed by atoms with Gasteiger partial charge in [-0.15, -0.1) is 11.3 Å². The number of thiazole rings is 1. The summed E-state index contributed by atoms with van der Waals surface area (Å²) in [6, 6.07) is 11.0. The SMILES string of the molecule is CNCCN1CCN(c2ccc3nc(-c4ccc(N5CCCC5)nc4)sc3c2)CC1. The maximum atomic E-state index is 4.87. The van der Waals surface area contributed by atoms with E-state index in [-0.39, 0.29) is 0 Å². The molecule has 0 radical (unpaired) electrons. The average Bonchev–Trinajstić information content (AvgIpc) is 3.48. The van der Waals surface area contributed by atoms with Gasteiger partial charge in [0.25, 0.3) is 0 Å². The van der Waals surface area contributed by atoms with Crippen LogP contribution in [0.2, 0.25) is 0 Å². The molecule has 2 aromatic heterocycles. The fourth-order valence-corrected chi connectivity index (χ4v) is 5.37.